The Morgan fingerprint density at radius 1 is 1.32 bits per heavy atom. The quantitative estimate of drug-likeness (QED) is 0.766. The Hall–Kier alpha value is -1.08. The number of nitrogens with zero attached hydrogens (tertiary/aromatic N) is 1. The Labute approximate surface area is 120 Å². The molecule has 0 radical (unpaired) electrons. The van der Waals surface area contributed by atoms with Crippen LogP contribution in [-0.4, -0.2) is 12.1 Å². The third-order valence-electron chi connectivity index (χ3n) is 2.51. The summed E-state index contributed by atoms with van der Waals surface area (Å²) < 4.78 is 43.6. The molecule has 0 aliphatic carbocycles. The first-order valence-electron chi connectivity index (χ1n) is 5.20. The zero-order chi connectivity index (χ0) is 14.2. The van der Waals surface area contributed by atoms with Crippen LogP contribution in [0.3, 0.4) is 0 Å². The van der Waals surface area contributed by atoms with Gasteiger partial charge in [0.1, 0.15) is 15.6 Å². The number of hydrogen-bond donors (Lipinski definition) is 0. The molecule has 19 heavy (non-hydrogen) atoms. The lowest BCUT2D eigenvalue weighted by molar-refractivity contribution is -0.134. The van der Waals surface area contributed by atoms with Crippen molar-refractivity contribution in [3.63, 3.8) is 0 Å². The molecule has 0 saturated carbocycles. The highest BCUT2D eigenvalue weighted by molar-refractivity contribution is 9.10. The van der Waals surface area contributed by atoms with Crippen LogP contribution in [0.25, 0.3) is 10.6 Å². The highest BCUT2D eigenvalue weighted by Crippen LogP contribution is 2.39. The molecule has 0 bridgehead atoms. The minimum Gasteiger partial charge on any atom is -0.496 e. The van der Waals surface area contributed by atoms with Crippen molar-refractivity contribution in [3.05, 3.63) is 33.2 Å². The number of thiazole rings is 1. The Morgan fingerprint density at radius 3 is 2.53 bits per heavy atom. The summed E-state index contributed by atoms with van der Waals surface area (Å²) in [5, 5.41) is 0.329. The molecule has 1 heterocycles. The second-order valence-corrected chi connectivity index (χ2v) is 5.71. The van der Waals surface area contributed by atoms with Gasteiger partial charge in [-0.25, -0.2) is 4.98 Å². The lowest BCUT2D eigenvalue weighted by Crippen LogP contribution is -2.00. The number of aromatic nitrogens is 1. The van der Waals surface area contributed by atoms with E-state index in [1.807, 2.05) is 6.92 Å². The van der Waals surface area contributed by atoms with Gasteiger partial charge in [-0.15, -0.1) is 11.3 Å². The molecule has 7 heteroatoms. The van der Waals surface area contributed by atoms with E-state index < -0.39 is 11.1 Å². The third-order valence-corrected chi connectivity index (χ3v) is 4.21. The number of methoxy groups -OCH3 is 1. The molecular formula is C12H9BrF3NOS. The van der Waals surface area contributed by atoms with E-state index in [-0.39, 0.29) is 0 Å². The monoisotopic (exact) mass is 351 g/mol. The maximum Gasteiger partial charge on any atom is 0.427 e. The van der Waals surface area contributed by atoms with Crippen molar-refractivity contribution in [1.29, 1.82) is 0 Å². The average molecular weight is 352 g/mol. The summed E-state index contributed by atoms with van der Waals surface area (Å²) in [4.78, 5) is 3.14. The largest absolute Gasteiger partial charge is 0.496 e. The second-order valence-electron chi connectivity index (χ2n) is 3.83. The molecule has 0 saturated heterocycles. The maximum absolute atomic E-state index is 12.6. The van der Waals surface area contributed by atoms with Crippen molar-refractivity contribution < 1.29 is 17.9 Å². The summed E-state index contributed by atoms with van der Waals surface area (Å²) in [5.74, 6) is 0.560. The summed E-state index contributed by atoms with van der Waals surface area (Å²) in [6.07, 6.45) is -3.50. The molecule has 0 aliphatic heterocycles. The molecule has 2 aromatic rings. The first kappa shape index (κ1) is 14.3. The Morgan fingerprint density at radius 2 is 2.00 bits per heavy atom. The van der Waals surface area contributed by atoms with Gasteiger partial charge in [-0.1, -0.05) is 0 Å². The van der Waals surface area contributed by atoms with Gasteiger partial charge < -0.3 is 4.74 Å². The molecule has 0 unspecified atom stereocenters. The Balaban J connectivity index is 2.50. The molecule has 102 valence electrons. The van der Waals surface area contributed by atoms with Crippen LogP contribution in [0.2, 0.25) is 0 Å². The summed E-state index contributed by atoms with van der Waals surface area (Å²) in [5.41, 5.74) is 1.47. The van der Waals surface area contributed by atoms with Crippen molar-refractivity contribution in [1.82, 2.24) is 4.98 Å². The van der Waals surface area contributed by atoms with E-state index in [1.165, 1.54) is 7.11 Å². The molecule has 0 fully saturated rings. The Bertz CT molecular complexity index is 610. The highest BCUT2D eigenvalue weighted by atomic mass is 79.9. The van der Waals surface area contributed by atoms with E-state index in [0.29, 0.717) is 27.7 Å². The average Bonchev–Trinajstić information content (AvgIpc) is 2.78. The van der Waals surface area contributed by atoms with Gasteiger partial charge in [-0.05, 0) is 40.5 Å². The fourth-order valence-electron chi connectivity index (χ4n) is 1.57. The smallest absolute Gasteiger partial charge is 0.427 e. The third kappa shape index (κ3) is 2.92. The van der Waals surface area contributed by atoms with Gasteiger partial charge in [0.05, 0.1) is 17.8 Å². The fraction of sp³-hybridized carbons (Fsp3) is 0.250. The maximum atomic E-state index is 12.6. The number of alkyl halides is 3. The van der Waals surface area contributed by atoms with Gasteiger partial charge in [0.15, 0.2) is 0 Å². The van der Waals surface area contributed by atoms with Crippen LogP contribution in [0.15, 0.2) is 22.8 Å². The molecular weight excluding hydrogens is 343 g/mol. The number of aryl methyl sites for hydroxylation is 1. The van der Waals surface area contributed by atoms with E-state index in [2.05, 4.69) is 20.9 Å². The predicted molar refractivity (Wildman–Crippen MR) is 71.5 cm³/mol. The van der Waals surface area contributed by atoms with Crippen molar-refractivity contribution in [3.8, 4) is 16.3 Å². The van der Waals surface area contributed by atoms with Crippen LogP contribution in [0.5, 0.6) is 5.75 Å². The summed E-state index contributed by atoms with van der Waals surface area (Å²) in [6.45, 7) is 1.81. The minimum atomic E-state index is -4.36. The first-order chi connectivity index (χ1) is 8.82. The molecule has 0 atom stereocenters. The predicted octanol–water partition coefficient (Wildman–Crippen LogP) is 4.91. The van der Waals surface area contributed by atoms with E-state index in [9.17, 15) is 13.2 Å². The van der Waals surface area contributed by atoms with E-state index in [0.717, 1.165) is 16.2 Å². The van der Waals surface area contributed by atoms with E-state index >= 15 is 0 Å². The van der Waals surface area contributed by atoms with E-state index in [4.69, 9.17) is 4.74 Å². The molecule has 1 aromatic carbocycles. The van der Waals surface area contributed by atoms with Gasteiger partial charge in [0.2, 0.25) is 0 Å². The zero-order valence-electron chi connectivity index (χ0n) is 10.0. The van der Waals surface area contributed by atoms with Crippen LogP contribution in [0, 0.1) is 6.92 Å². The highest BCUT2D eigenvalue weighted by Gasteiger charge is 2.33. The molecule has 2 nitrogen and oxygen atoms in total. The number of halogens is 4. The zero-order valence-corrected chi connectivity index (χ0v) is 12.4. The molecule has 1 aromatic heterocycles. The van der Waals surface area contributed by atoms with Gasteiger partial charge in [0, 0.05) is 5.56 Å². The minimum absolute atomic E-state index is 0.329. The topological polar surface area (TPSA) is 22.1 Å². The molecule has 0 amide bonds. The van der Waals surface area contributed by atoms with Crippen LogP contribution in [0.4, 0.5) is 13.2 Å². The van der Waals surface area contributed by atoms with Crippen molar-refractivity contribution in [2.75, 3.05) is 7.11 Å². The van der Waals surface area contributed by atoms with Crippen molar-refractivity contribution in [2.45, 2.75) is 13.1 Å². The normalized spacial score (nSPS) is 11.7. The first-order valence-corrected chi connectivity index (χ1v) is 6.81. The van der Waals surface area contributed by atoms with Crippen LogP contribution in [0.1, 0.15) is 10.4 Å². The van der Waals surface area contributed by atoms with Crippen LogP contribution >= 0.6 is 27.3 Å². The second kappa shape index (κ2) is 5.13. The van der Waals surface area contributed by atoms with Crippen LogP contribution in [-0.2, 0) is 6.18 Å². The SMILES string of the molecule is COc1cc(-c2ncc(C(F)(F)F)s2)c(C)cc1Br. The lowest BCUT2D eigenvalue weighted by Gasteiger charge is -2.08. The van der Waals surface area contributed by atoms with Gasteiger partial charge in [-0.3, -0.25) is 0 Å². The number of ether oxygens (including phenoxy) is 1. The number of benzene rings is 1. The summed E-state index contributed by atoms with van der Waals surface area (Å²) >= 11 is 3.95. The lowest BCUT2D eigenvalue weighted by atomic mass is 10.1. The Kier molecular flexibility index (Phi) is 3.87. The fourth-order valence-corrected chi connectivity index (χ4v) is 3.05. The van der Waals surface area contributed by atoms with Crippen LogP contribution < -0.4 is 4.74 Å². The van der Waals surface area contributed by atoms with Gasteiger partial charge in [-0.2, -0.15) is 13.2 Å². The summed E-state index contributed by atoms with van der Waals surface area (Å²) in [6, 6.07) is 3.47. The number of hydrogen-bond acceptors (Lipinski definition) is 3. The standard InChI is InChI=1S/C12H9BrF3NOS/c1-6-3-8(13)9(18-2)4-7(6)11-17-5-10(19-11)12(14,15)16/h3-5H,1-2H3. The molecule has 0 aliphatic rings. The van der Waals surface area contributed by atoms with Gasteiger partial charge >= 0.3 is 6.18 Å². The van der Waals surface area contributed by atoms with Crippen molar-refractivity contribution in [2.24, 2.45) is 0 Å². The molecule has 2 rings (SSSR count). The molecule has 0 N–H and O–H groups in total. The number of rotatable bonds is 2. The van der Waals surface area contributed by atoms with E-state index in [1.54, 1.807) is 12.1 Å². The van der Waals surface area contributed by atoms with Gasteiger partial charge in [0.25, 0.3) is 0 Å². The van der Waals surface area contributed by atoms with Crippen molar-refractivity contribution >= 4 is 27.3 Å². The summed E-state index contributed by atoms with van der Waals surface area (Å²) in [7, 11) is 1.50. The molecule has 0 spiro atoms.